The van der Waals surface area contributed by atoms with Gasteiger partial charge in [0.15, 0.2) is 0 Å². The van der Waals surface area contributed by atoms with Crippen molar-refractivity contribution in [3.63, 3.8) is 0 Å². The molecule has 2 aliphatic heterocycles. The van der Waals surface area contributed by atoms with E-state index in [1.54, 1.807) is 7.11 Å². The molecule has 5 rings (SSSR count). The van der Waals surface area contributed by atoms with Gasteiger partial charge in [0, 0.05) is 45.3 Å². The number of hydrogen-bond donors (Lipinski definition) is 2. The van der Waals surface area contributed by atoms with E-state index >= 15 is 0 Å². The molecule has 0 bridgehead atoms. The predicted molar refractivity (Wildman–Crippen MR) is 120 cm³/mol. The molecule has 30 heavy (non-hydrogen) atoms. The van der Waals surface area contributed by atoms with Gasteiger partial charge in [-0.25, -0.2) is 0 Å². The molecule has 0 radical (unpaired) electrons. The zero-order valence-corrected chi connectivity index (χ0v) is 17.6. The standard InChI is InChI=1S/C22H29N7O/c1-27-19(14-3-5-17(30-2)6-4-14)11-18-20(27)25-22(29-10-8-16(24)13-29)26-21(18)28-9-7-15(23)12-28/h3-6,11,15-16H,7-10,12-13,23-24H2,1-2H3. The maximum atomic E-state index is 6.21. The van der Waals surface area contributed by atoms with Crippen LogP contribution < -0.4 is 26.0 Å². The normalized spacial score (nSPS) is 21.7. The third-order valence-electron chi connectivity index (χ3n) is 6.27. The Bertz CT molecular complexity index is 1060. The Kier molecular flexibility index (Phi) is 4.75. The lowest BCUT2D eigenvalue weighted by atomic mass is 10.1. The van der Waals surface area contributed by atoms with E-state index < -0.39 is 0 Å². The van der Waals surface area contributed by atoms with Crippen LogP contribution in [0.3, 0.4) is 0 Å². The monoisotopic (exact) mass is 407 g/mol. The smallest absolute Gasteiger partial charge is 0.229 e. The van der Waals surface area contributed by atoms with Crippen LogP contribution in [0.5, 0.6) is 5.75 Å². The summed E-state index contributed by atoms with van der Waals surface area (Å²) in [5, 5.41) is 1.06. The first-order valence-corrected chi connectivity index (χ1v) is 10.6. The Hall–Kier alpha value is -2.84. The van der Waals surface area contributed by atoms with E-state index in [9.17, 15) is 0 Å². The van der Waals surface area contributed by atoms with Crippen LogP contribution >= 0.6 is 0 Å². The van der Waals surface area contributed by atoms with E-state index in [1.807, 2.05) is 12.1 Å². The van der Waals surface area contributed by atoms with Crippen molar-refractivity contribution in [2.75, 3.05) is 43.1 Å². The second-order valence-electron chi connectivity index (χ2n) is 8.39. The second kappa shape index (κ2) is 7.45. The van der Waals surface area contributed by atoms with Gasteiger partial charge in [-0.1, -0.05) is 0 Å². The Morgan fingerprint density at radius 2 is 1.63 bits per heavy atom. The summed E-state index contributed by atoms with van der Waals surface area (Å²) >= 11 is 0. The van der Waals surface area contributed by atoms with Crippen molar-refractivity contribution in [1.29, 1.82) is 0 Å². The molecule has 0 saturated carbocycles. The molecule has 2 aliphatic rings. The first-order chi connectivity index (χ1) is 14.5. The number of nitrogens with zero attached hydrogens (tertiary/aromatic N) is 5. The van der Waals surface area contributed by atoms with Crippen LogP contribution in [-0.4, -0.2) is 59.9 Å². The van der Waals surface area contributed by atoms with Gasteiger partial charge in [0.05, 0.1) is 18.2 Å². The van der Waals surface area contributed by atoms with Crippen molar-refractivity contribution in [3.05, 3.63) is 30.3 Å². The maximum absolute atomic E-state index is 6.21. The van der Waals surface area contributed by atoms with E-state index in [2.05, 4.69) is 39.6 Å². The van der Waals surface area contributed by atoms with E-state index in [4.69, 9.17) is 26.2 Å². The molecule has 2 fully saturated rings. The summed E-state index contributed by atoms with van der Waals surface area (Å²) in [7, 11) is 3.74. The van der Waals surface area contributed by atoms with Gasteiger partial charge in [-0.2, -0.15) is 9.97 Å². The van der Waals surface area contributed by atoms with E-state index in [-0.39, 0.29) is 12.1 Å². The molecule has 0 amide bonds. The molecule has 0 spiro atoms. The number of aromatic nitrogens is 3. The number of anilines is 2. The number of aryl methyl sites for hydroxylation is 1. The summed E-state index contributed by atoms with van der Waals surface area (Å²) in [5.41, 5.74) is 15.5. The summed E-state index contributed by atoms with van der Waals surface area (Å²) < 4.78 is 7.46. The van der Waals surface area contributed by atoms with Crippen molar-refractivity contribution in [1.82, 2.24) is 14.5 Å². The van der Waals surface area contributed by atoms with Gasteiger partial charge in [0.25, 0.3) is 0 Å². The number of fused-ring (bicyclic) bond motifs is 1. The van der Waals surface area contributed by atoms with Gasteiger partial charge in [-0.3, -0.25) is 0 Å². The van der Waals surface area contributed by atoms with Gasteiger partial charge in [-0.15, -0.1) is 0 Å². The number of rotatable bonds is 4. The maximum Gasteiger partial charge on any atom is 0.229 e. The van der Waals surface area contributed by atoms with Crippen LogP contribution in [-0.2, 0) is 7.05 Å². The van der Waals surface area contributed by atoms with Gasteiger partial charge < -0.3 is 30.6 Å². The minimum atomic E-state index is 0.177. The average molecular weight is 408 g/mol. The SMILES string of the molecule is COc1ccc(-c2cc3c(N4CCC(N)C4)nc(N4CCC(N)C4)nc3n2C)cc1. The number of nitrogens with two attached hydrogens (primary N) is 2. The van der Waals surface area contributed by atoms with Gasteiger partial charge in [0.2, 0.25) is 5.95 Å². The molecule has 1 aromatic carbocycles. The van der Waals surface area contributed by atoms with Crippen molar-refractivity contribution in [2.45, 2.75) is 24.9 Å². The highest BCUT2D eigenvalue weighted by Gasteiger charge is 2.28. The lowest BCUT2D eigenvalue weighted by Gasteiger charge is -2.22. The van der Waals surface area contributed by atoms with Crippen molar-refractivity contribution >= 4 is 22.8 Å². The predicted octanol–water partition coefficient (Wildman–Crippen LogP) is 1.72. The van der Waals surface area contributed by atoms with Crippen LogP contribution in [0.1, 0.15) is 12.8 Å². The largest absolute Gasteiger partial charge is 0.497 e. The highest BCUT2D eigenvalue weighted by atomic mass is 16.5. The van der Waals surface area contributed by atoms with E-state index in [0.717, 1.165) is 78.8 Å². The Morgan fingerprint density at radius 1 is 0.967 bits per heavy atom. The van der Waals surface area contributed by atoms with Crippen molar-refractivity contribution in [2.24, 2.45) is 18.5 Å². The first kappa shape index (κ1) is 19.1. The summed E-state index contributed by atoms with van der Waals surface area (Å²) in [4.78, 5) is 14.5. The van der Waals surface area contributed by atoms with E-state index in [0.29, 0.717) is 0 Å². The quantitative estimate of drug-likeness (QED) is 0.679. The van der Waals surface area contributed by atoms with E-state index in [1.165, 1.54) is 0 Å². The Balaban J connectivity index is 1.65. The molecular weight excluding hydrogens is 378 g/mol. The van der Waals surface area contributed by atoms with Crippen molar-refractivity contribution in [3.8, 4) is 17.0 Å². The first-order valence-electron chi connectivity index (χ1n) is 10.6. The molecule has 0 aliphatic carbocycles. The lowest BCUT2D eigenvalue weighted by Crippen LogP contribution is -2.30. The molecule has 4 N–H and O–H groups in total. The molecular formula is C22H29N7O. The molecule has 4 heterocycles. The fraction of sp³-hybridized carbons (Fsp3) is 0.455. The summed E-state index contributed by atoms with van der Waals surface area (Å²) in [5.74, 6) is 2.57. The minimum Gasteiger partial charge on any atom is -0.497 e. The fourth-order valence-electron chi connectivity index (χ4n) is 4.54. The van der Waals surface area contributed by atoms with Crippen LogP contribution in [0.4, 0.5) is 11.8 Å². The highest BCUT2D eigenvalue weighted by molar-refractivity contribution is 5.94. The summed E-state index contributed by atoms with van der Waals surface area (Å²) in [6, 6.07) is 10.7. The Labute approximate surface area is 176 Å². The topological polar surface area (TPSA) is 98.5 Å². The van der Waals surface area contributed by atoms with Gasteiger partial charge >= 0.3 is 0 Å². The van der Waals surface area contributed by atoms with Crippen LogP contribution in [0, 0.1) is 0 Å². The third kappa shape index (κ3) is 3.26. The molecule has 8 heteroatoms. The zero-order chi connectivity index (χ0) is 20.8. The Morgan fingerprint density at radius 3 is 2.23 bits per heavy atom. The number of ether oxygens (including phenoxy) is 1. The van der Waals surface area contributed by atoms with Gasteiger partial charge in [-0.05, 0) is 48.7 Å². The highest BCUT2D eigenvalue weighted by Crippen LogP contribution is 2.35. The lowest BCUT2D eigenvalue weighted by molar-refractivity contribution is 0.415. The summed E-state index contributed by atoms with van der Waals surface area (Å²) in [6.07, 6.45) is 1.95. The molecule has 158 valence electrons. The molecule has 2 unspecified atom stereocenters. The molecule has 2 saturated heterocycles. The number of methoxy groups -OCH3 is 1. The molecule has 2 atom stereocenters. The average Bonchev–Trinajstić information content (AvgIpc) is 3.47. The molecule has 2 aromatic heterocycles. The van der Waals surface area contributed by atoms with Crippen LogP contribution in [0.15, 0.2) is 30.3 Å². The second-order valence-corrected chi connectivity index (χ2v) is 8.39. The molecule has 3 aromatic rings. The van der Waals surface area contributed by atoms with Crippen LogP contribution in [0.25, 0.3) is 22.3 Å². The van der Waals surface area contributed by atoms with Crippen LogP contribution in [0.2, 0.25) is 0 Å². The minimum absolute atomic E-state index is 0.177. The molecule has 8 nitrogen and oxygen atoms in total. The number of benzene rings is 1. The number of hydrogen-bond acceptors (Lipinski definition) is 7. The fourth-order valence-corrected chi connectivity index (χ4v) is 4.54. The zero-order valence-electron chi connectivity index (χ0n) is 17.6. The van der Waals surface area contributed by atoms with Crippen molar-refractivity contribution < 1.29 is 4.74 Å². The van der Waals surface area contributed by atoms with Gasteiger partial charge in [0.1, 0.15) is 17.2 Å². The third-order valence-corrected chi connectivity index (χ3v) is 6.27. The summed E-state index contributed by atoms with van der Waals surface area (Å²) in [6.45, 7) is 3.42.